The highest BCUT2D eigenvalue weighted by Gasteiger charge is 2.10. The smallest absolute Gasteiger partial charge is 0.0849 e. The maximum absolute atomic E-state index is 6.06. The number of allylic oxidation sites excluding steroid dienone is 2. The Hall–Kier alpha value is -0.990. The Bertz CT molecular complexity index is 400. The van der Waals surface area contributed by atoms with E-state index in [1.54, 1.807) is 23.2 Å². The second-order valence-electron chi connectivity index (χ2n) is 2.98. The molecule has 80 valence electrons. The molecule has 0 aliphatic rings. The molecule has 0 saturated heterocycles. The van der Waals surface area contributed by atoms with Crippen LogP contribution in [0.25, 0.3) is 0 Å². The van der Waals surface area contributed by atoms with Crippen LogP contribution in [0.5, 0.6) is 0 Å². The van der Waals surface area contributed by atoms with Gasteiger partial charge in [0.25, 0.3) is 0 Å². The van der Waals surface area contributed by atoms with Crippen molar-refractivity contribution in [2.24, 2.45) is 5.10 Å². The first-order chi connectivity index (χ1) is 7.10. The Morgan fingerprint density at radius 3 is 2.67 bits per heavy atom. The zero-order valence-corrected chi connectivity index (χ0v) is 10.2. The van der Waals surface area contributed by atoms with Crippen LogP contribution in [0.2, 0.25) is 10.0 Å². The summed E-state index contributed by atoms with van der Waals surface area (Å²) < 4.78 is 0. The molecule has 0 atom stereocenters. The number of hydrazone groups is 1. The summed E-state index contributed by atoms with van der Waals surface area (Å²) in [6.45, 7) is 7.36. The topological polar surface area (TPSA) is 15.6 Å². The molecule has 4 heteroatoms. The van der Waals surface area contributed by atoms with Gasteiger partial charge in [0.2, 0.25) is 0 Å². The molecule has 0 N–H and O–H groups in total. The normalized spacial score (nSPS) is 11.3. The van der Waals surface area contributed by atoms with Crippen molar-refractivity contribution in [2.75, 3.05) is 5.01 Å². The second-order valence-corrected chi connectivity index (χ2v) is 3.82. The van der Waals surface area contributed by atoms with E-state index in [1.807, 2.05) is 19.9 Å². The minimum atomic E-state index is 0.591. The van der Waals surface area contributed by atoms with Gasteiger partial charge >= 0.3 is 0 Å². The van der Waals surface area contributed by atoms with Gasteiger partial charge in [0.05, 0.1) is 10.7 Å². The van der Waals surface area contributed by atoms with E-state index in [1.165, 1.54) is 0 Å². The van der Waals surface area contributed by atoms with Gasteiger partial charge in [-0.05, 0) is 32.0 Å². The summed E-state index contributed by atoms with van der Waals surface area (Å²) in [6.07, 6.45) is 1.92. The number of rotatable bonds is 3. The number of nitrogens with zero attached hydrogens (tertiary/aromatic N) is 2. The molecule has 0 aromatic heterocycles. The Morgan fingerprint density at radius 2 is 2.13 bits per heavy atom. The van der Waals surface area contributed by atoms with Crippen molar-refractivity contribution in [3.63, 3.8) is 0 Å². The SMILES string of the molecule is C=NN(/C(C)=C\C)c1cc(Cl)ccc1Cl. The van der Waals surface area contributed by atoms with Crippen LogP contribution in [0.4, 0.5) is 5.69 Å². The molecule has 0 fully saturated rings. The minimum absolute atomic E-state index is 0.591. The molecule has 0 heterocycles. The molecule has 1 aromatic rings. The molecule has 0 amide bonds. The van der Waals surface area contributed by atoms with Crippen molar-refractivity contribution < 1.29 is 0 Å². The fraction of sp³-hybridized carbons (Fsp3) is 0.182. The lowest BCUT2D eigenvalue weighted by Crippen LogP contribution is -2.12. The molecular weight excluding hydrogens is 231 g/mol. The van der Waals surface area contributed by atoms with Crippen LogP contribution in [0.15, 0.2) is 35.1 Å². The van der Waals surface area contributed by atoms with Crippen molar-refractivity contribution in [1.29, 1.82) is 0 Å². The average Bonchev–Trinajstić information content (AvgIpc) is 2.23. The molecule has 1 aromatic carbocycles. The number of benzene rings is 1. The summed E-state index contributed by atoms with van der Waals surface area (Å²) in [5.41, 5.74) is 1.67. The standard InChI is InChI=1S/C11H12Cl2N2/c1-4-8(2)15(14-3)11-7-9(12)5-6-10(11)13/h4-7H,3H2,1-2H3/b8-4-. The van der Waals surface area contributed by atoms with Crippen molar-refractivity contribution >= 4 is 35.6 Å². The lowest BCUT2D eigenvalue weighted by atomic mass is 10.3. The number of hydrogen-bond donors (Lipinski definition) is 0. The predicted molar refractivity (Wildman–Crippen MR) is 67.9 cm³/mol. The van der Waals surface area contributed by atoms with Crippen molar-refractivity contribution in [3.05, 3.63) is 40.0 Å². The third-order valence-corrected chi connectivity index (χ3v) is 2.58. The van der Waals surface area contributed by atoms with E-state index in [9.17, 15) is 0 Å². The van der Waals surface area contributed by atoms with E-state index < -0.39 is 0 Å². The number of anilines is 1. The quantitative estimate of drug-likeness (QED) is 0.569. The van der Waals surface area contributed by atoms with Crippen LogP contribution in [0.1, 0.15) is 13.8 Å². The zero-order valence-electron chi connectivity index (χ0n) is 8.67. The van der Waals surface area contributed by atoms with E-state index in [0.717, 1.165) is 11.4 Å². The van der Waals surface area contributed by atoms with E-state index in [2.05, 4.69) is 11.8 Å². The first kappa shape index (κ1) is 12.1. The summed E-state index contributed by atoms with van der Waals surface area (Å²) in [6, 6.07) is 5.23. The molecule has 0 bridgehead atoms. The number of hydrogen-bond acceptors (Lipinski definition) is 2. The fourth-order valence-electron chi connectivity index (χ4n) is 1.15. The van der Waals surface area contributed by atoms with Gasteiger partial charge in [0.15, 0.2) is 0 Å². The van der Waals surface area contributed by atoms with E-state index in [4.69, 9.17) is 23.2 Å². The first-order valence-electron chi connectivity index (χ1n) is 4.45. The molecular formula is C11H12Cl2N2. The second kappa shape index (κ2) is 5.19. The van der Waals surface area contributed by atoms with Crippen LogP contribution in [0, 0.1) is 0 Å². The summed E-state index contributed by atoms with van der Waals surface area (Å²) in [4.78, 5) is 0. The van der Waals surface area contributed by atoms with Gasteiger partial charge in [0, 0.05) is 17.4 Å². The minimum Gasteiger partial charge on any atom is -0.238 e. The molecule has 0 spiro atoms. The molecule has 0 aliphatic heterocycles. The number of halogens is 2. The molecule has 1 rings (SSSR count). The lowest BCUT2D eigenvalue weighted by Gasteiger charge is -2.20. The molecule has 2 nitrogen and oxygen atoms in total. The van der Waals surface area contributed by atoms with Gasteiger partial charge in [-0.25, -0.2) is 5.01 Å². The van der Waals surface area contributed by atoms with E-state index in [-0.39, 0.29) is 0 Å². The fourth-order valence-corrected chi connectivity index (χ4v) is 1.51. The largest absolute Gasteiger partial charge is 0.238 e. The van der Waals surface area contributed by atoms with Gasteiger partial charge in [-0.15, -0.1) is 0 Å². The van der Waals surface area contributed by atoms with E-state index in [0.29, 0.717) is 10.0 Å². The average molecular weight is 243 g/mol. The highest BCUT2D eigenvalue weighted by atomic mass is 35.5. The first-order valence-corrected chi connectivity index (χ1v) is 5.20. The van der Waals surface area contributed by atoms with Crippen LogP contribution in [0.3, 0.4) is 0 Å². The highest BCUT2D eigenvalue weighted by Crippen LogP contribution is 2.31. The Morgan fingerprint density at radius 1 is 1.47 bits per heavy atom. The van der Waals surface area contributed by atoms with Crippen molar-refractivity contribution in [3.8, 4) is 0 Å². The highest BCUT2D eigenvalue weighted by molar-refractivity contribution is 6.35. The van der Waals surface area contributed by atoms with E-state index >= 15 is 0 Å². The molecule has 0 unspecified atom stereocenters. The summed E-state index contributed by atoms with van der Waals surface area (Å²) in [5.74, 6) is 0. The van der Waals surface area contributed by atoms with Crippen LogP contribution >= 0.6 is 23.2 Å². The Balaban J connectivity index is 3.23. The molecule has 15 heavy (non-hydrogen) atoms. The lowest BCUT2D eigenvalue weighted by molar-refractivity contribution is 1.00. The Kier molecular flexibility index (Phi) is 4.18. The maximum Gasteiger partial charge on any atom is 0.0849 e. The predicted octanol–water partition coefficient (Wildman–Crippen LogP) is 4.34. The van der Waals surface area contributed by atoms with Crippen molar-refractivity contribution in [2.45, 2.75) is 13.8 Å². The van der Waals surface area contributed by atoms with Gasteiger partial charge in [-0.3, -0.25) is 0 Å². The monoisotopic (exact) mass is 242 g/mol. The third kappa shape index (κ3) is 2.74. The Labute approximate surface area is 99.8 Å². The van der Waals surface area contributed by atoms with Gasteiger partial charge < -0.3 is 0 Å². The third-order valence-electron chi connectivity index (χ3n) is 2.03. The summed E-state index contributed by atoms with van der Waals surface area (Å²) in [7, 11) is 0. The van der Waals surface area contributed by atoms with Gasteiger partial charge in [-0.1, -0.05) is 29.3 Å². The van der Waals surface area contributed by atoms with Gasteiger partial charge in [-0.2, -0.15) is 5.10 Å². The molecule has 0 saturated carbocycles. The van der Waals surface area contributed by atoms with Crippen LogP contribution in [-0.2, 0) is 0 Å². The van der Waals surface area contributed by atoms with Crippen molar-refractivity contribution in [1.82, 2.24) is 0 Å². The maximum atomic E-state index is 6.06. The zero-order chi connectivity index (χ0) is 11.4. The van der Waals surface area contributed by atoms with Crippen LogP contribution in [-0.4, -0.2) is 6.72 Å². The summed E-state index contributed by atoms with van der Waals surface area (Å²) in [5, 5.41) is 6.76. The van der Waals surface area contributed by atoms with Gasteiger partial charge in [0.1, 0.15) is 0 Å². The van der Waals surface area contributed by atoms with Crippen LogP contribution < -0.4 is 5.01 Å². The summed E-state index contributed by atoms with van der Waals surface area (Å²) >= 11 is 12.0. The molecule has 0 aliphatic carbocycles. The molecule has 0 radical (unpaired) electrons.